The molecule has 0 N–H and O–H groups in total. The molecule has 0 amide bonds. The van der Waals surface area contributed by atoms with Crippen molar-refractivity contribution in [1.29, 1.82) is 0 Å². The fourth-order valence-corrected chi connectivity index (χ4v) is 1.37. The molecule has 1 aliphatic rings. The van der Waals surface area contributed by atoms with E-state index < -0.39 is 0 Å². The molecular weight excluding hydrogens is 199 g/mol. The van der Waals surface area contributed by atoms with Crippen LogP contribution < -0.4 is 4.74 Å². The fourth-order valence-electron chi connectivity index (χ4n) is 1.37. The van der Waals surface area contributed by atoms with Gasteiger partial charge in [-0.05, 0) is 18.2 Å². The van der Waals surface area contributed by atoms with Crippen LogP contribution in [0.2, 0.25) is 0 Å². The Morgan fingerprint density at radius 3 is 2.93 bits per heavy atom. The van der Waals surface area contributed by atoms with Gasteiger partial charge in [-0.3, -0.25) is 0 Å². The van der Waals surface area contributed by atoms with Crippen LogP contribution in [0.25, 0.3) is 0 Å². The molecule has 1 heterocycles. The molecule has 0 aliphatic carbocycles. The fraction of sp³-hybridized carbons (Fsp3) is 0.455. The van der Waals surface area contributed by atoms with E-state index in [0.717, 1.165) is 5.56 Å². The summed E-state index contributed by atoms with van der Waals surface area (Å²) in [4.78, 5) is 0. The molecule has 82 valence electrons. The number of hydrogen-bond donors (Lipinski definition) is 0. The minimum Gasteiger partial charge on any atom is -0.491 e. The molecule has 1 fully saturated rings. The van der Waals surface area contributed by atoms with Gasteiger partial charge in [0.25, 0.3) is 0 Å². The Kier molecular flexibility index (Phi) is 3.18. The average Bonchev–Trinajstić information content (AvgIpc) is 3.04. The second-order valence-corrected chi connectivity index (χ2v) is 3.35. The van der Waals surface area contributed by atoms with Crippen molar-refractivity contribution in [2.24, 2.45) is 0 Å². The van der Waals surface area contributed by atoms with E-state index in [2.05, 4.69) is 0 Å². The Balaban J connectivity index is 2.07. The third-order valence-electron chi connectivity index (χ3n) is 2.20. The van der Waals surface area contributed by atoms with Gasteiger partial charge in [0.05, 0.1) is 13.2 Å². The van der Waals surface area contributed by atoms with E-state index in [1.165, 1.54) is 12.1 Å². The standard InChI is InChI=1S/C11H13FO3/c1-13-4-5-14-10-3-2-8(12)6-9(10)11-7-15-11/h2-3,6,11H,4-5,7H2,1H3. The van der Waals surface area contributed by atoms with Crippen molar-refractivity contribution in [2.75, 3.05) is 26.9 Å². The predicted molar refractivity (Wildman–Crippen MR) is 52.5 cm³/mol. The number of methoxy groups -OCH3 is 1. The van der Waals surface area contributed by atoms with Crippen molar-refractivity contribution in [3.05, 3.63) is 29.6 Å². The van der Waals surface area contributed by atoms with Crippen molar-refractivity contribution < 1.29 is 18.6 Å². The molecule has 1 atom stereocenters. The second kappa shape index (κ2) is 4.59. The first-order valence-corrected chi connectivity index (χ1v) is 4.84. The van der Waals surface area contributed by atoms with Crippen LogP contribution in [-0.2, 0) is 9.47 Å². The highest BCUT2D eigenvalue weighted by Crippen LogP contribution is 2.36. The van der Waals surface area contributed by atoms with E-state index in [0.29, 0.717) is 25.6 Å². The maximum absolute atomic E-state index is 13.0. The first-order chi connectivity index (χ1) is 7.31. The highest BCUT2D eigenvalue weighted by atomic mass is 19.1. The Hall–Kier alpha value is -1.13. The van der Waals surface area contributed by atoms with E-state index in [-0.39, 0.29) is 11.9 Å². The second-order valence-electron chi connectivity index (χ2n) is 3.35. The predicted octanol–water partition coefficient (Wildman–Crippen LogP) is 1.92. The van der Waals surface area contributed by atoms with Gasteiger partial charge < -0.3 is 14.2 Å². The van der Waals surface area contributed by atoms with Gasteiger partial charge in [0, 0.05) is 12.7 Å². The monoisotopic (exact) mass is 212 g/mol. The summed E-state index contributed by atoms with van der Waals surface area (Å²) in [5, 5.41) is 0. The third kappa shape index (κ3) is 2.67. The molecule has 1 aliphatic heterocycles. The molecule has 1 unspecified atom stereocenters. The van der Waals surface area contributed by atoms with E-state index in [1.54, 1.807) is 13.2 Å². The molecular formula is C11H13FO3. The zero-order chi connectivity index (χ0) is 10.7. The van der Waals surface area contributed by atoms with E-state index in [1.807, 2.05) is 0 Å². The quantitative estimate of drug-likeness (QED) is 0.552. The van der Waals surface area contributed by atoms with E-state index in [9.17, 15) is 4.39 Å². The lowest BCUT2D eigenvalue weighted by atomic mass is 10.1. The number of epoxide rings is 1. The summed E-state index contributed by atoms with van der Waals surface area (Å²) in [6, 6.07) is 4.47. The first-order valence-electron chi connectivity index (χ1n) is 4.84. The number of halogens is 1. The van der Waals surface area contributed by atoms with Gasteiger partial charge in [0.1, 0.15) is 24.3 Å². The maximum Gasteiger partial charge on any atom is 0.125 e. The average molecular weight is 212 g/mol. The summed E-state index contributed by atoms with van der Waals surface area (Å²) in [6.45, 7) is 1.62. The van der Waals surface area contributed by atoms with Crippen molar-refractivity contribution in [1.82, 2.24) is 0 Å². The zero-order valence-electron chi connectivity index (χ0n) is 8.53. The first kappa shape index (κ1) is 10.4. The minimum atomic E-state index is -0.264. The number of hydrogen-bond acceptors (Lipinski definition) is 3. The third-order valence-corrected chi connectivity index (χ3v) is 2.20. The molecule has 0 saturated carbocycles. The lowest BCUT2D eigenvalue weighted by Crippen LogP contribution is -2.06. The van der Waals surface area contributed by atoms with Gasteiger partial charge in [-0.2, -0.15) is 0 Å². The SMILES string of the molecule is COCCOc1ccc(F)cc1C1CO1. The smallest absolute Gasteiger partial charge is 0.125 e. The van der Waals surface area contributed by atoms with Gasteiger partial charge in [-0.25, -0.2) is 4.39 Å². The van der Waals surface area contributed by atoms with E-state index >= 15 is 0 Å². The van der Waals surface area contributed by atoms with Gasteiger partial charge in [-0.15, -0.1) is 0 Å². The molecule has 2 rings (SSSR count). The normalized spacial score (nSPS) is 18.9. The lowest BCUT2D eigenvalue weighted by molar-refractivity contribution is 0.145. The van der Waals surface area contributed by atoms with E-state index in [4.69, 9.17) is 14.2 Å². The molecule has 0 spiro atoms. The molecule has 1 aromatic carbocycles. The van der Waals surface area contributed by atoms with Crippen LogP contribution in [-0.4, -0.2) is 26.9 Å². The topological polar surface area (TPSA) is 31.0 Å². The Bertz CT molecular complexity index is 337. The minimum absolute atomic E-state index is 0.00163. The summed E-state index contributed by atoms with van der Waals surface area (Å²) < 4.78 is 28.4. The van der Waals surface area contributed by atoms with Crippen LogP contribution in [0.4, 0.5) is 4.39 Å². The zero-order valence-corrected chi connectivity index (χ0v) is 8.53. The molecule has 15 heavy (non-hydrogen) atoms. The van der Waals surface area contributed by atoms with Gasteiger partial charge in [-0.1, -0.05) is 0 Å². The molecule has 1 saturated heterocycles. The van der Waals surface area contributed by atoms with Crippen LogP contribution in [0, 0.1) is 5.82 Å². The van der Waals surface area contributed by atoms with Gasteiger partial charge >= 0.3 is 0 Å². The van der Waals surface area contributed by atoms with Gasteiger partial charge in [0.2, 0.25) is 0 Å². The number of ether oxygens (including phenoxy) is 3. The molecule has 3 nitrogen and oxygen atoms in total. The summed E-state index contributed by atoms with van der Waals surface area (Å²) >= 11 is 0. The largest absolute Gasteiger partial charge is 0.491 e. The number of benzene rings is 1. The highest BCUT2D eigenvalue weighted by Gasteiger charge is 2.28. The van der Waals surface area contributed by atoms with Crippen molar-refractivity contribution in [3.63, 3.8) is 0 Å². The summed E-state index contributed by atoms with van der Waals surface area (Å²) in [5.41, 5.74) is 0.783. The molecule has 0 aromatic heterocycles. The molecule has 0 bridgehead atoms. The van der Waals surface area contributed by atoms with Crippen LogP contribution in [0.5, 0.6) is 5.75 Å². The number of rotatable bonds is 5. The van der Waals surface area contributed by atoms with Crippen LogP contribution in [0.15, 0.2) is 18.2 Å². The summed E-state index contributed by atoms with van der Waals surface area (Å²) in [5.74, 6) is 0.413. The van der Waals surface area contributed by atoms with Crippen molar-refractivity contribution in [2.45, 2.75) is 6.10 Å². The van der Waals surface area contributed by atoms with Crippen LogP contribution >= 0.6 is 0 Å². The molecule has 0 radical (unpaired) electrons. The maximum atomic E-state index is 13.0. The summed E-state index contributed by atoms with van der Waals surface area (Å²) in [6.07, 6.45) is -0.00163. The molecule has 4 heteroatoms. The van der Waals surface area contributed by atoms with Crippen molar-refractivity contribution >= 4 is 0 Å². The Morgan fingerprint density at radius 1 is 1.47 bits per heavy atom. The lowest BCUT2D eigenvalue weighted by Gasteiger charge is -2.09. The van der Waals surface area contributed by atoms with Crippen LogP contribution in [0.1, 0.15) is 11.7 Å². The van der Waals surface area contributed by atoms with Crippen LogP contribution in [0.3, 0.4) is 0 Å². The Labute approximate surface area is 87.8 Å². The highest BCUT2D eigenvalue weighted by molar-refractivity contribution is 5.37. The molecule has 1 aromatic rings. The van der Waals surface area contributed by atoms with Crippen molar-refractivity contribution in [3.8, 4) is 5.75 Å². The Morgan fingerprint density at radius 2 is 2.27 bits per heavy atom. The van der Waals surface area contributed by atoms with Gasteiger partial charge in [0.15, 0.2) is 0 Å². The summed E-state index contributed by atoms with van der Waals surface area (Å²) in [7, 11) is 1.61.